The van der Waals surface area contributed by atoms with Crippen molar-refractivity contribution in [2.45, 2.75) is 45.1 Å². The predicted molar refractivity (Wildman–Crippen MR) is 70.6 cm³/mol. The van der Waals surface area contributed by atoms with Crippen molar-refractivity contribution < 1.29 is 4.74 Å². The molecular weight excluding hydrogens is 226 g/mol. The summed E-state index contributed by atoms with van der Waals surface area (Å²) in [6, 6.07) is 2.62. The van der Waals surface area contributed by atoms with E-state index in [4.69, 9.17) is 4.74 Å². The van der Waals surface area contributed by atoms with Crippen LogP contribution in [0.25, 0.3) is 0 Å². The van der Waals surface area contributed by atoms with Crippen molar-refractivity contribution in [3.63, 3.8) is 0 Å². The quantitative estimate of drug-likeness (QED) is 0.871. The zero-order valence-electron chi connectivity index (χ0n) is 11.4. The lowest BCUT2D eigenvalue weighted by molar-refractivity contribution is -0.159. The van der Waals surface area contributed by atoms with E-state index in [1.807, 2.05) is 0 Å². The van der Waals surface area contributed by atoms with Gasteiger partial charge in [0.25, 0.3) is 0 Å². The first kappa shape index (κ1) is 11.9. The molecule has 3 rings (SSSR count). The molecule has 4 nitrogen and oxygen atoms in total. The second kappa shape index (κ2) is 3.92. The molecule has 1 aliphatic carbocycles. The fraction of sp³-hybridized carbons (Fsp3) is 0.714. The lowest BCUT2D eigenvalue weighted by atomic mass is 9.64. The first-order chi connectivity index (χ1) is 8.47. The van der Waals surface area contributed by atoms with Crippen LogP contribution in [-0.4, -0.2) is 29.2 Å². The molecule has 1 saturated carbocycles. The van der Waals surface area contributed by atoms with Gasteiger partial charge < -0.3 is 10.1 Å². The average Bonchev–Trinajstić information content (AvgIpc) is 2.19. The van der Waals surface area contributed by atoms with E-state index in [0.29, 0.717) is 11.5 Å². The van der Waals surface area contributed by atoms with Crippen molar-refractivity contribution in [2.75, 3.05) is 18.5 Å². The largest absolute Gasteiger partial charge is 0.380 e. The summed E-state index contributed by atoms with van der Waals surface area (Å²) in [7, 11) is 0. The summed E-state index contributed by atoms with van der Waals surface area (Å²) in [5.41, 5.74) is 1.65. The molecule has 0 radical (unpaired) electrons. The molecule has 1 aromatic rings. The highest BCUT2D eigenvalue weighted by Crippen LogP contribution is 2.47. The van der Waals surface area contributed by atoms with E-state index in [1.165, 1.54) is 12.8 Å². The van der Waals surface area contributed by atoms with Crippen LogP contribution >= 0.6 is 0 Å². The Bertz CT molecular complexity index is 441. The Labute approximate surface area is 108 Å². The zero-order chi connectivity index (χ0) is 12.8. The lowest BCUT2D eigenvalue weighted by Crippen LogP contribution is -2.56. The molecule has 0 unspecified atom stereocenters. The van der Waals surface area contributed by atoms with Crippen molar-refractivity contribution in [1.82, 2.24) is 9.97 Å². The van der Waals surface area contributed by atoms with E-state index in [1.54, 1.807) is 6.33 Å². The second-order valence-corrected chi connectivity index (χ2v) is 6.78. The average molecular weight is 247 g/mol. The van der Waals surface area contributed by atoms with Crippen LogP contribution in [0.5, 0.6) is 0 Å². The van der Waals surface area contributed by atoms with Crippen LogP contribution in [-0.2, 0) is 10.2 Å². The van der Waals surface area contributed by atoms with Crippen LogP contribution in [0.15, 0.2) is 12.4 Å². The van der Waals surface area contributed by atoms with Gasteiger partial charge in [-0.3, -0.25) is 0 Å². The highest BCUT2D eigenvalue weighted by molar-refractivity contribution is 5.39. The minimum atomic E-state index is 0.0714. The predicted octanol–water partition coefficient (Wildman–Crippen LogP) is 2.37. The number of rotatable bonds is 2. The molecule has 1 spiro atoms. The lowest BCUT2D eigenvalue weighted by Gasteiger charge is -2.53. The summed E-state index contributed by atoms with van der Waals surface area (Å²) < 4.78 is 5.29. The van der Waals surface area contributed by atoms with Gasteiger partial charge in [0, 0.05) is 22.9 Å². The topological polar surface area (TPSA) is 47.0 Å². The van der Waals surface area contributed by atoms with E-state index in [-0.39, 0.29) is 5.41 Å². The monoisotopic (exact) mass is 247 g/mol. The molecule has 2 heterocycles. The maximum Gasteiger partial charge on any atom is 0.129 e. The summed E-state index contributed by atoms with van der Waals surface area (Å²) in [6.07, 6.45) is 4.08. The van der Waals surface area contributed by atoms with Crippen LogP contribution in [0, 0.1) is 5.41 Å². The highest BCUT2D eigenvalue weighted by Gasteiger charge is 2.49. The number of nitrogens with one attached hydrogen (secondary N) is 1. The molecule has 0 aromatic carbocycles. The molecule has 2 aliphatic rings. The summed E-state index contributed by atoms with van der Waals surface area (Å²) in [5, 5.41) is 3.51. The molecule has 0 atom stereocenters. The molecule has 0 amide bonds. The first-order valence-corrected chi connectivity index (χ1v) is 6.64. The van der Waals surface area contributed by atoms with Gasteiger partial charge in [0.15, 0.2) is 0 Å². The number of anilines is 1. The Morgan fingerprint density at radius 3 is 2.56 bits per heavy atom. The van der Waals surface area contributed by atoms with E-state index < -0.39 is 0 Å². The van der Waals surface area contributed by atoms with Gasteiger partial charge in [0.05, 0.1) is 18.9 Å². The first-order valence-electron chi connectivity index (χ1n) is 6.64. The van der Waals surface area contributed by atoms with Crippen LogP contribution < -0.4 is 5.32 Å². The van der Waals surface area contributed by atoms with Gasteiger partial charge in [-0.05, 0) is 12.8 Å². The van der Waals surface area contributed by atoms with Crippen LogP contribution in [0.3, 0.4) is 0 Å². The minimum Gasteiger partial charge on any atom is -0.380 e. The van der Waals surface area contributed by atoms with Crippen LogP contribution in [0.2, 0.25) is 0 Å². The van der Waals surface area contributed by atoms with Crippen LogP contribution in [0.4, 0.5) is 5.82 Å². The van der Waals surface area contributed by atoms with Gasteiger partial charge in [0.1, 0.15) is 12.1 Å². The summed E-state index contributed by atoms with van der Waals surface area (Å²) in [6.45, 7) is 8.40. The van der Waals surface area contributed by atoms with E-state index >= 15 is 0 Å². The smallest absolute Gasteiger partial charge is 0.129 e. The number of nitrogens with zero attached hydrogens (tertiary/aromatic N) is 2. The summed E-state index contributed by atoms with van der Waals surface area (Å²) in [4.78, 5) is 8.66. The van der Waals surface area contributed by atoms with E-state index in [2.05, 4.69) is 42.1 Å². The molecule has 2 fully saturated rings. The van der Waals surface area contributed by atoms with Crippen molar-refractivity contribution in [2.24, 2.45) is 5.41 Å². The van der Waals surface area contributed by atoms with Gasteiger partial charge in [-0.25, -0.2) is 9.97 Å². The number of aromatic nitrogens is 2. The Kier molecular flexibility index (Phi) is 2.59. The summed E-state index contributed by atoms with van der Waals surface area (Å²) in [5.74, 6) is 0.954. The molecule has 18 heavy (non-hydrogen) atoms. The maximum absolute atomic E-state index is 5.29. The number of hydrogen-bond donors (Lipinski definition) is 1. The number of ether oxygens (including phenoxy) is 1. The van der Waals surface area contributed by atoms with Crippen LogP contribution in [0.1, 0.15) is 39.3 Å². The van der Waals surface area contributed by atoms with Gasteiger partial charge in [0.2, 0.25) is 0 Å². The zero-order valence-corrected chi connectivity index (χ0v) is 11.4. The van der Waals surface area contributed by atoms with Gasteiger partial charge in [-0.2, -0.15) is 0 Å². The van der Waals surface area contributed by atoms with Crippen molar-refractivity contribution in [3.8, 4) is 0 Å². The standard InChI is InChI=1S/C14H21N3O/c1-13(2,3)11-4-12(16-9-15-11)17-10-5-14(6-10)7-18-8-14/h4,9-10H,5-8H2,1-3H3,(H,15,16,17). The Balaban J connectivity index is 1.63. The summed E-state index contributed by atoms with van der Waals surface area (Å²) >= 11 is 0. The Morgan fingerprint density at radius 2 is 2.00 bits per heavy atom. The molecule has 1 saturated heterocycles. The SMILES string of the molecule is CC(C)(C)c1cc(NC2CC3(COC3)C2)ncn1. The van der Waals surface area contributed by atoms with E-state index in [0.717, 1.165) is 24.7 Å². The molecule has 98 valence electrons. The van der Waals surface area contributed by atoms with Crippen molar-refractivity contribution >= 4 is 5.82 Å². The number of hydrogen-bond acceptors (Lipinski definition) is 4. The Morgan fingerprint density at radius 1 is 1.28 bits per heavy atom. The molecule has 0 bridgehead atoms. The second-order valence-electron chi connectivity index (χ2n) is 6.78. The van der Waals surface area contributed by atoms with Gasteiger partial charge in [-0.1, -0.05) is 20.8 Å². The van der Waals surface area contributed by atoms with Gasteiger partial charge in [-0.15, -0.1) is 0 Å². The molecule has 4 heteroatoms. The molecule has 1 aromatic heterocycles. The minimum absolute atomic E-state index is 0.0714. The third-order valence-corrected chi connectivity index (χ3v) is 3.96. The third-order valence-electron chi connectivity index (χ3n) is 3.96. The third kappa shape index (κ3) is 2.09. The fourth-order valence-corrected chi connectivity index (χ4v) is 2.77. The Hall–Kier alpha value is -1.16. The highest BCUT2D eigenvalue weighted by atomic mass is 16.5. The van der Waals surface area contributed by atoms with E-state index in [9.17, 15) is 0 Å². The molecular formula is C14H21N3O. The van der Waals surface area contributed by atoms with Crippen molar-refractivity contribution in [1.29, 1.82) is 0 Å². The molecule has 1 N–H and O–H groups in total. The maximum atomic E-state index is 5.29. The normalized spacial score (nSPS) is 22.4. The van der Waals surface area contributed by atoms with Gasteiger partial charge >= 0.3 is 0 Å². The fourth-order valence-electron chi connectivity index (χ4n) is 2.77. The van der Waals surface area contributed by atoms with Crippen molar-refractivity contribution in [3.05, 3.63) is 18.1 Å². The molecule has 1 aliphatic heterocycles.